The van der Waals surface area contributed by atoms with Gasteiger partial charge < -0.3 is 9.73 Å². The van der Waals surface area contributed by atoms with Crippen molar-refractivity contribution in [2.45, 2.75) is 12.7 Å². The van der Waals surface area contributed by atoms with Crippen LogP contribution in [0.3, 0.4) is 0 Å². The van der Waals surface area contributed by atoms with Crippen molar-refractivity contribution in [2.75, 3.05) is 11.6 Å². The molecule has 33 heavy (non-hydrogen) atoms. The Kier molecular flexibility index (Phi) is 6.32. The summed E-state index contributed by atoms with van der Waals surface area (Å²) in [4.78, 5) is 17.5. The molecule has 1 aromatic carbocycles. The van der Waals surface area contributed by atoms with E-state index in [4.69, 9.17) is 16.0 Å². The van der Waals surface area contributed by atoms with Gasteiger partial charge in [-0.15, -0.1) is 10.2 Å². The summed E-state index contributed by atoms with van der Waals surface area (Å²) < 4.78 is 30.4. The maximum absolute atomic E-state index is 13.3. The van der Waals surface area contributed by atoms with Gasteiger partial charge in [0.1, 0.15) is 16.0 Å². The van der Waals surface area contributed by atoms with Gasteiger partial charge in [0.05, 0.1) is 16.3 Å². The molecule has 0 saturated heterocycles. The second kappa shape index (κ2) is 9.04. The van der Waals surface area contributed by atoms with Gasteiger partial charge in [-0.1, -0.05) is 23.7 Å². The molecule has 0 aliphatic heterocycles. The molecule has 0 radical (unpaired) electrons. The predicted octanol–water partition coefficient (Wildman–Crippen LogP) is 3.84. The van der Waals surface area contributed by atoms with Gasteiger partial charge in [0.25, 0.3) is 5.91 Å². The average molecular weight is 552 g/mol. The number of carbonyl (C=O) groups is 1. The SMILES string of the molecule is Cc1cccc(-c2nnc(CS(C)(=O)=O)o2)c1NC(=O)c1cc(Br)nn1-c1ncccc1Cl. The molecule has 170 valence electrons. The number of amides is 1. The van der Waals surface area contributed by atoms with Crippen LogP contribution in [0, 0.1) is 6.92 Å². The van der Waals surface area contributed by atoms with Crippen LogP contribution in [0.5, 0.6) is 0 Å². The number of benzene rings is 1. The number of halogens is 2. The van der Waals surface area contributed by atoms with Crippen molar-refractivity contribution in [1.29, 1.82) is 0 Å². The first kappa shape index (κ1) is 23.1. The van der Waals surface area contributed by atoms with Gasteiger partial charge in [-0.25, -0.2) is 18.1 Å². The Hall–Kier alpha value is -3.09. The van der Waals surface area contributed by atoms with Gasteiger partial charge in [-0.05, 0) is 46.6 Å². The molecule has 0 spiro atoms. The quantitative estimate of drug-likeness (QED) is 0.382. The number of nitrogens with zero attached hydrogens (tertiary/aromatic N) is 5. The van der Waals surface area contributed by atoms with Crippen LogP contribution in [-0.4, -0.2) is 45.5 Å². The van der Waals surface area contributed by atoms with Crippen molar-refractivity contribution >= 4 is 49.0 Å². The third-order valence-electron chi connectivity index (χ3n) is 4.45. The van der Waals surface area contributed by atoms with Gasteiger partial charge in [0.2, 0.25) is 11.8 Å². The van der Waals surface area contributed by atoms with Gasteiger partial charge in [0, 0.05) is 18.5 Å². The number of rotatable bonds is 6. The summed E-state index contributed by atoms with van der Waals surface area (Å²) in [7, 11) is -3.35. The number of para-hydroxylation sites is 1. The Labute approximate surface area is 202 Å². The molecule has 0 aliphatic rings. The number of aryl methyl sites for hydroxylation is 1. The molecule has 3 heterocycles. The minimum absolute atomic E-state index is 0.0434. The standard InChI is InChI=1S/C20H16BrClN6O4S/c1-11-5-3-6-12(20-26-25-16(32-20)10-33(2,30)31)17(11)24-19(29)14-9-15(21)27-28(14)18-13(22)7-4-8-23-18/h3-9H,10H2,1-2H3,(H,24,29). The van der Waals surface area contributed by atoms with Crippen LogP contribution >= 0.6 is 27.5 Å². The van der Waals surface area contributed by atoms with E-state index in [0.717, 1.165) is 11.8 Å². The smallest absolute Gasteiger partial charge is 0.274 e. The highest BCUT2D eigenvalue weighted by molar-refractivity contribution is 9.10. The second-order valence-electron chi connectivity index (χ2n) is 7.10. The number of carbonyl (C=O) groups excluding carboxylic acids is 1. The zero-order valence-electron chi connectivity index (χ0n) is 17.3. The number of pyridine rings is 1. The fourth-order valence-corrected chi connectivity index (χ4v) is 4.19. The number of hydrogen-bond donors (Lipinski definition) is 1. The van der Waals surface area contributed by atoms with E-state index in [9.17, 15) is 13.2 Å². The molecule has 4 aromatic rings. The van der Waals surface area contributed by atoms with E-state index in [1.54, 1.807) is 43.5 Å². The predicted molar refractivity (Wildman–Crippen MR) is 125 cm³/mol. The zero-order chi connectivity index (χ0) is 23.8. The summed E-state index contributed by atoms with van der Waals surface area (Å²) in [5, 5.41) is 15.2. The van der Waals surface area contributed by atoms with Crippen molar-refractivity contribution < 1.29 is 17.6 Å². The molecule has 0 fully saturated rings. The van der Waals surface area contributed by atoms with E-state index in [-0.39, 0.29) is 23.2 Å². The molecule has 0 bridgehead atoms. The molecule has 1 N–H and O–H groups in total. The third-order valence-corrected chi connectivity index (χ3v) is 5.90. The summed E-state index contributed by atoms with van der Waals surface area (Å²) in [6.07, 6.45) is 2.62. The highest BCUT2D eigenvalue weighted by Gasteiger charge is 2.22. The van der Waals surface area contributed by atoms with E-state index in [1.807, 2.05) is 0 Å². The Morgan fingerprint density at radius 1 is 1.24 bits per heavy atom. The lowest BCUT2D eigenvalue weighted by Gasteiger charge is -2.13. The van der Waals surface area contributed by atoms with Crippen molar-refractivity contribution in [3.63, 3.8) is 0 Å². The highest BCUT2D eigenvalue weighted by atomic mass is 79.9. The molecule has 1 amide bonds. The Bertz CT molecular complexity index is 1470. The van der Waals surface area contributed by atoms with E-state index < -0.39 is 15.7 Å². The Balaban J connectivity index is 1.71. The third kappa shape index (κ3) is 5.13. The van der Waals surface area contributed by atoms with Crippen LogP contribution in [0.4, 0.5) is 5.69 Å². The minimum Gasteiger partial charge on any atom is -0.420 e. The van der Waals surface area contributed by atoms with Crippen molar-refractivity contribution in [3.05, 3.63) is 69.4 Å². The molecule has 0 saturated carbocycles. The molecule has 0 unspecified atom stereocenters. The van der Waals surface area contributed by atoms with Crippen LogP contribution in [0.15, 0.2) is 51.6 Å². The van der Waals surface area contributed by atoms with Crippen LogP contribution in [0.25, 0.3) is 17.3 Å². The largest absolute Gasteiger partial charge is 0.420 e. The molecule has 4 rings (SSSR count). The van der Waals surface area contributed by atoms with Gasteiger partial charge in [-0.3, -0.25) is 4.79 Å². The Morgan fingerprint density at radius 3 is 2.76 bits per heavy atom. The second-order valence-corrected chi connectivity index (χ2v) is 10.5. The van der Waals surface area contributed by atoms with Crippen LogP contribution in [0.2, 0.25) is 5.02 Å². The molecule has 13 heteroatoms. The topological polar surface area (TPSA) is 133 Å². The lowest BCUT2D eigenvalue weighted by molar-refractivity contribution is 0.101. The maximum Gasteiger partial charge on any atom is 0.274 e. The summed E-state index contributed by atoms with van der Waals surface area (Å²) in [5.74, 6) is -0.539. The zero-order valence-corrected chi connectivity index (χ0v) is 20.4. The Morgan fingerprint density at radius 2 is 2.03 bits per heavy atom. The fourth-order valence-electron chi connectivity index (χ4n) is 3.04. The average Bonchev–Trinajstić information content (AvgIpc) is 3.35. The monoisotopic (exact) mass is 550 g/mol. The normalized spacial score (nSPS) is 11.5. The molecular formula is C20H16BrClN6O4S. The maximum atomic E-state index is 13.3. The van der Waals surface area contributed by atoms with Crippen LogP contribution in [-0.2, 0) is 15.6 Å². The summed E-state index contributed by atoms with van der Waals surface area (Å²) in [6.45, 7) is 1.80. The number of nitrogens with one attached hydrogen (secondary N) is 1. The van der Waals surface area contributed by atoms with Crippen molar-refractivity contribution in [1.82, 2.24) is 25.0 Å². The molecular weight excluding hydrogens is 536 g/mol. The van der Waals surface area contributed by atoms with Gasteiger partial charge in [-0.2, -0.15) is 5.10 Å². The van der Waals surface area contributed by atoms with Gasteiger partial charge in [0.15, 0.2) is 15.7 Å². The first-order valence-corrected chi connectivity index (χ1v) is 12.6. The highest BCUT2D eigenvalue weighted by Crippen LogP contribution is 2.31. The van der Waals surface area contributed by atoms with Gasteiger partial charge >= 0.3 is 0 Å². The summed E-state index contributed by atoms with van der Waals surface area (Å²) in [6, 6.07) is 10.1. The summed E-state index contributed by atoms with van der Waals surface area (Å²) in [5.41, 5.74) is 1.77. The molecule has 3 aromatic heterocycles. The van der Waals surface area contributed by atoms with E-state index in [0.29, 0.717) is 26.7 Å². The first-order chi connectivity index (χ1) is 15.6. The number of hydrogen-bond acceptors (Lipinski definition) is 8. The van der Waals surface area contributed by atoms with E-state index >= 15 is 0 Å². The van der Waals surface area contributed by atoms with Crippen LogP contribution in [0.1, 0.15) is 21.9 Å². The van der Waals surface area contributed by atoms with Crippen LogP contribution < -0.4 is 5.32 Å². The first-order valence-electron chi connectivity index (χ1n) is 9.40. The lowest BCUT2D eigenvalue weighted by atomic mass is 10.1. The lowest BCUT2D eigenvalue weighted by Crippen LogP contribution is -2.18. The molecule has 0 atom stereocenters. The summed E-state index contributed by atoms with van der Waals surface area (Å²) >= 11 is 9.53. The fraction of sp³-hybridized carbons (Fsp3) is 0.150. The van der Waals surface area contributed by atoms with E-state index in [2.05, 4.69) is 41.5 Å². The van der Waals surface area contributed by atoms with Crippen molar-refractivity contribution in [3.8, 4) is 17.3 Å². The van der Waals surface area contributed by atoms with E-state index in [1.165, 1.54) is 10.7 Å². The van der Waals surface area contributed by atoms with Crippen molar-refractivity contribution in [2.24, 2.45) is 0 Å². The number of aromatic nitrogens is 5. The minimum atomic E-state index is -3.35. The molecule has 0 aliphatic carbocycles. The number of sulfone groups is 1. The molecule has 10 nitrogen and oxygen atoms in total. The number of anilines is 1.